The average molecular weight is 547 g/mol. The second-order valence-electron chi connectivity index (χ2n) is 8.42. The molecule has 0 rings (SSSR count). The van der Waals surface area contributed by atoms with Crippen LogP contribution in [0.2, 0.25) is 0 Å². The van der Waals surface area contributed by atoms with E-state index < -0.39 is 7.82 Å². The molecule has 9 heteroatoms. The van der Waals surface area contributed by atoms with Crippen LogP contribution in [-0.2, 0) is 9.30 Å². The van der Waals surface area contributed by atoms with Crippen molar-refractivity contribution in [1.82, 2.24) is 0 Å². The van der Waals surface area contributed by atoms with E-state index >= 15 is 0 Å². The topological polar surface area (TPSA) is 95.5 Å². The Balaban J connectivity index is -0.000000186. The predicted molar refractivity (Wildman–Crippen MR) is 133 cm³/mol. The molecule has 0 heterocycles. The maximum absolute atomic E-state index is 8.55. The quantitative estimate of drug-likeness (QED) is 0.0667. The first kappa shape index (κ1) is 50.6. The standard InChI is InChI=1S/C24H50O.C2H4.3Na.H3O4P/c1-3-5-7-9-11-13-15-17-19-21-23-25-24-22-20-18-16-14-12-10-8-6-4-2;1-2;;;;1-5(2,3)4/h3-24H2,1-2H3;1-2H2;;;;(H3,1,2,3,4)/q;;3*+1;/p-3. The summed E-state index contributed by atoms with van der Waals surface area (Å²) in [7, 11) is -5.39. The van der Waals surface area contributed by atoms with E-state index in [2.05, 4.69) is 27.0 Å². The minimum absolute atomic E-state index is 0. The van der Waals surface area contributed by atoms with E-state index in [1.807, 2.05) is 0 Å². The van der Waals surface area contributed by atoms with Crippen LogP contribution < -0.4 is 103 Å². The van der Waals surface area contributed by atoms with E-state index in [0.717, 1.165) is 13.2 Å². The fraction of sp³-hybridized carbons (Fsp3) is 0.923. The molecule has 0 fully saturated rings. The monoisotopic (exact) mass is 546 g/mol. The van der Waals surface area contributed by atoms with Crippen LogP contribution in [0.4, 0.5) is 0 Å². The molecule has 0 aromatic rings. The number of ether oxygens (including phenoxy) is 1. The van der Waals surface area contributed by atoms with Gasteiger partial charge in [-0.25, -0.2) is 0 Å². The summed E-state index contributed by atoms with van der Waals surface area (Å²) in [5.74, 6) is 0. The van der Waals surface area contributed by atoms with Crippen LogP contribution in [0.3, 0.4) is 0 Å². The molecular weight excluding hydrogens is 492 g/mol. The Morgan fingerprint density at radius 3 is 0.857 bits per heavy atom. The summed E-state index contributed by atoms with van der Waals surface area (Å²) < 4.78 is 14.3. The van der Waals surface area contributed by atoms with Crippen LogP contribution in [0.25, 0.3) is 0 Å². The van der Waals surface area contributed by atoms with Crippen molar-refractivity contribution >= 4 is 7.82 Å². The van der Waals surface area contributed by atoms with Gasteiger partial charge in [0.15, 0.2) is 0 Å². The van der Waals surface area contributed by atoms with Crippen molar-refractivity contribution in [2.75, 3.05) is 13.2 Å². The van der Waals surface area contributed by atoms with E-state index in [1.54, 1.807) is 0 Å². The molecule has 0 amide bonds. The fourth-order valence-electron chi connectivity index (χ4n) is 3.49. The summed E-state index contributed by atoms with van der Waals surface area (Å²) in [6.07, 6.45) is 28.2. The molecular formula is C26H54Na3O5P. The second kappa shape index (κ2) is 46.6. The minimum Gasteiger partial charge on any atom is -0.822 e. The summed E-state index contributed by atoms with van der Waals surface area (Å²) in [5, 5.41) is 0. The van der Waals surface area contributed by atoms with E-state index in [-0.39, 0.29) is 88.7 Å². The molecule has 0 aromatic carbocycles. The van der Waals surface area contributed by atoms with Gasteiger partial charge in [0.25, 0.3) is 0 Å². The van der Waals surface area contributed by atoms with Gasteiger partial charge in [-0.3, -0.25) is 0 Å². The first-order chi connectivity index (χ1) is 15.4. The van der Waals surface area contributed by atoms with Crippen LogP contribution in [0.1, 0.15) is 142 Å². The van der Waals surface area contributed by atoms with Gasteiger partial charge in [0.05, 0.1) is 0 Å². The van der Waals surface area contributed by atoms with Crippen molar-refractivity contribution in [3.05, 3.63) is 13.2 Å². The largest absolute Gasteiger partial charge is 1.00 e. The van der Waals surface area contributed by atoms with Gasteiger partial charge in [-0.1, -0.05) is 129 Å². The Bertz CT molecular complexity index is 345. The molecule has 0 bridgehead atoms. The van der Waals surface area contributed by atoms with Crippen molar-refractivity contribution in [3.63, 3.8) is 0 Å². The molecule has 0 saturated heterocycles. The van der Waals surface area contributed by atoms with Crippen LogP contribution >= 0.6 is 7.82 Å². The zero-order chi connectivity index (χ0) is 24.8. The first-order valence-electron chi connectivity index (χ1n) is 13.2. The van der Waals surface area contributed by atoms with Gasteiger partial charge in [-0.05, 0) is 12.8 Å². The molecule has 0 aromatic heterocycles. The van der Waals surface area contributed by atoms with Gasteiger partial charge in [0.1, 0.15) is 0 Å². The Morgan fingerprint density at radius 2 is 0.657 bits per heavy atom. The van der Waals surface area contributed by atoms with Crippen molar-refractivity contribution in [3.8, 4) is 0 Å². The molecule has 35 heavy (non-hydrogen) atoms. The maximum Gasteiger partial charge on any atom is 1.00 e. The number of hydrogen-bond donors (Lipinski definition) is 0. The van der Waals surface area contributed by atoms with Crippen molar-refractivity contribution in [2.45, 2.75) is 142 Å². The summed E-state index contributed by atoms with van der Waals surface area (Å²) in [4.78, 5) is 25.6. The molecule has 5 nitrogen and oxygen atoms in total. The average Bonchev–Trinajstić information content (AvgIpc) is 2.75. The summed E-state index contributed by atoms with van der Waals surface area (Å²) >= 11 is 0. The maximum atomic E-state index is 8.55. The molecule has 0 saturated carbocycles. The third-order valence-corrected chi connectivity index (χ3v) is 5.28. The molecule has 0 spiro atoms. The molecule has 0 aliphatic rings. The van der Waals surface area contributed by atoms with E-state index in [0.29, 0.717) is 0 Å². The molecule has 196 valence electrons. The van der Waals surface area contributed by atoms with Crippen molar-refractivity contribution < 1.29 is 113 Å². The number of rotatable bonds is 22. The van der Waals surface area contributed by atoms with Gasteiger partial charge in [-0.2, -0.15) is 7.82 Å². The SMILES string of the molecule is C=C.CCCCCCCCCCCCOCCCCCCCCCCCC.O=P([O-])([O-])[O-].[Na+].[Na+].[Na+]. The van der Waals surface area contributed by atoms with E-state index in [1.165, 1.54) is 128 Å². The second-order valence-corrected chi connectivity index (χ2v) is 9.32. The molecule has 0 unspecified atom stereocenters. The normalized spacial score (nSPS) is 9.86. The van der Waals surface area contributed by atoms with Gasteiger partial charge in [0.2, 0.25) is 0 Å². The van der Waals surface area contributed by atoms with E-state index in [4.69, 9.17) is 24.0 Å². The summed E-state index contributed by atoms with van der Waals surface area (Å²) in [6, 6.07) is 0. The van der Waals surface area contributed by atoms with Crippen LogP contribution in [-0.4, -0.2) is 13.2 Å². The summed E-state index contributed by atoms with van der Waals surface area (Å²) in [5.41, 5.74) is 0. The van der Waals surface area contributed by atoms with Crippen LogP contribution in [0.5, 0.6) is 0 Å². The Labute approximate surface area is 285 Å². The Kier molecular flexibility index (Phi) is 67.5. The molecule has 0 aliphatic heterocycles. The fourth-order valence-corrected chi connectivity index (χ4v) is 3.49. The minimum atomic E-state index is -5.39. The molecule has 0 aliphatic carbocycles. The van der Waals surface area contributed by atoms with Gasteiger partial charge in [0, 0.05) is 13.2 Å². The Morgan fingerprint density at radius 1 is 0.486 bits per heavy atom. The molecule has 0 N–H and O–H groups in total. The zero-order valence-corrected chi connectivity index (χ0v) is 31.4. The van der Waals surface area contributed by atoms with Gasteiger partial charge in [-0.15, -0.1) is 13.2 Å². The number of phosphoric acid groups is 1. The van der Waals surface area contributed by atoms with Crippen LogP contribution in [0, 0.1) is 0 Å². The summed E-state index contributed by atoms with van der Waals surface area (Å²) in [6.45, 7) is 12.6. The van der Waals surface area contributed by atoms with Crippen LogP contribution in [0.15, 0.2) is 13.2 Å². The first-order valence-corrected chi connectivity index (χ1v) is 14.7. The van der Waals surface area contributed by atoms with Gasteiger partial charge < -0.3 is 24.0 Å². The Hall–Kier alpha value is 2.81. The predicted octanol–water partition coefficient (Wildman–Crippen LogP) is -2.17. The van der Waals surface area contributed by atoms with E-state index in [9.17, 15) is 0 Å². The number of unbranched alkanes of at least 4 members (excludes halogenated alkanes) is 18. The molecule has 0 radical (unpaired) electrons. The smallest absolute Gasteiger partial charge is 0.822 e. The molecule has 0 atom stereocenters. The number of hydrogen-bond acceptors (Lipinski definition) is 5. The van der Waals surface area contributed by atoms with Crippen molar-refractivity contribution in [1.29, 1.82) is 0 Å². The van der Waals surface area contributed by atoms with Crippen molar-refractivity contribution in [2.24, 2.45) is 0 Å². The van der Waals surface area contributed by atoms with Gasteiger partial charge >= 0.3 is 88.7 Å². The third-order valence-electron chi connectivity index (χ3n) is 5.28. The third kappa shape index (κ3) is 72.5. The zero-order valence-electron chi connectivity index (χ0n) is 24.5.